The van der Waals surface area contributed by atoms with Crippen molar-refractivity contribution in [3.8, 4) is 22.9 Å². The summed E-state index contributed by atoms with van der Waals surface area (Å²) >= 11 is 0. The topological polar surface area (TPSA) is 71.5 Å². The van der Waals surface area contributed by atoms with Crippen LogP contribution < -0.4 is 19.9 Å². The van der Waals surface area contributed by atoms with Crippen molar-refractivity contribution >= 4 is 5.82 Å². The quantitative estimate of drug-likeness (QED) is 0.931. The Morgan fingerprint density at radius 2 is 1.55 bits per heavy atom. The smallest absolute Gasteiger partial charge is 0.203 e. The summed E-state index contributed by atoms with van der Waals surface area (Å²) in [4.78, 5) is 3.97. The minimum Gasteiger partial charge on any atom is -0.493 e. The Kier molecular flexibility index (Phi) is 5.71. The lowest BCUT2D eigenvalue weighted by Crippen LogP contribution is -1.98. The molecule has 2 aromatic rings. The summed E-state index contributed by atoms with van der Waals surface area (Å²) in [6.45, 7) is 4.00. The van der Waals surface area contributed by atoms with Crippen molar-refractivity contribution in [2.45, 2.75) is 13.8 Å². The Balaban J connectivity index is 0.000000956. The Bertz CT molecular complexity index is 527. The molecule has 0 amide bonds. The third-order valence-corrected chi connectivity index (χ3v) is 2.55. The van der Waals surface area contributed by atoms with Crippen molar-refractivity contribution in [1.29, 1.82) is 0 Å². The predicted octanol–water partition coefficient (Wildman–Crippen LogP) is 2.51. The van der Waals surface area contributed by atoms with E-state index in [2.05, 4.69) is 4.98 Å². The van der Waals surface area contributed by atoms with Crippen molar-refractivity contribution in [2.24, 2.45) is 0 Å². The fourth-order valence-electron chi connectivity index (χ4n) is 1.70. The molecular formula is C14H21N3O3. The van der Waals surface area contributed by atoms with E-state index in [1.165, 1.54) is 0 Å². The Morgan fingerprint density at radius 3 is 1.90 bits per heavy atom. The van der Waals surface area contributed by atoms with E-state index in [-0.39, 0.29) is 0 Å². The number of nitrogens with zero attached hydrogens (tertiary/aromatic N) is 2. The molecule has 0 spiro atoms. The lowest BCUT2D eigenvalue weighted by molar-refractivity contribution is 0.324. The summed E-state index contributed by atoms with van der Waals surface area (Å²) < 4.78 is 17.6. The number of methoxy groups -OCH3 is 3. The molecule has 0 saturated heterocycles. The maximum Gasteiger partial charge on any atom is 0.203 e. The first-order chi connectivity index (χ1) is 9.69. The SMILES string of the molecule is CC.COc1cc(-n2cnc(N)c2)cc(OC)c1OC. The standard InChI is InChI=1S/C12H15N3O3.C2H6/c1-16-9-4-8(15-6-11(13)14-7-15)5-10(17-2)12(9)18-3;1-2/h4-7H,13H2,1-3H3;1-2H3. The van der Waals surface area contributed by atoms with Gasteiger partial charge in [0.2, 0.25) is 5.75 Å². The average molecular weight is 279 g/mol. The Morgan fingerprint density at radius 1 is 1.00 bits per heavy atom. The number of hydrogen-bond donors (Lipinski definition) is 1. The van der Waals surface area contributed by atoms with Crippen LogP contribution in [0.25, 0.3) is 5.69 Å². The number of hydrogen-bond acceptors (Lipinski definition) is 5. The van der Waals surface area contributed by atoms with Crippen molar-refractivity contribution in [3.05, 3.63) is 24.7 Å². The molecule has 0 radical (unpaired) electrons. The number of nitrogen functional groups attached to an aromatic ring is 1. The molecule has 1 aromatic carbocycles. The number of benzene rings is 1. The largest absolute Gasteiger partial charge is 0.493 e. The monoisotopic (exact) mass is 279 g/mol. The number of rotatable bonds is 4. The van der Waals surface area contributed by atoms with Crippen LogP contribution in [0, 0.1) is 0 Å². The van der Waals surface area contributed by atoms with Gasteiger partial charge in [0.1, 0.15) is 12.1 Å². The van der Waals surface area contributed by atoms with Gasteiger partial charge in [0.15, 0.2) is 11.5 Å². The first-order valence-electron chi connectivity index (χ1n) is 6.29. The molecule has 0 aliphatic carbocycles. The zero-order valence-corrected chi connectivity index (χ0v) is 12.5. The summed E-state index contributed by atoms with van der Waals surface area (Å²) in [6, 6.07) is 3.64. The van der Waals surface area contributed by atoms with Gasteiger partial charge in [0.05, 0.1) is 33.2 Å². The second-order valence-electron chi connectivity index (χ2n) is 3.59. The maximum atomic E-state index is 5.59. The molecule has 20 heavy (non-hydrogen) atoms. The van der Waals surface area contributed by atoms with Gasteiger partial charge in [-0.2, -0.15) is 0 Å². The Labute approximate surface area is 119 Å². The van der Waals surface area contributed by atoms with Crippen molar-refractivity contribution < 1.29 is 14.2 Å². The highest BCUT2D eigenvalue weighted by Crippen LogP contribution is 2.39. The van der Waals surface area contributed by atoms with Crippen LogP contribution in [-0.2, 0) is 0 Å². The summed E-state index contributed by atoms with van der Waals surface area (Å²) in [5.41, 5.74) is 6.42. The summed E-state index contributed by atoms with van der Waals surface area (Å²) in [5, 5.41) is 0. The fraction of sp³-hybridized carbons (Fsp3) is 0.357. The minimum atomic E-state index is 0.448. The zero-order chi connectivity index (χ0) is 15.1. The van der Waals surface area contributed by atoms with E-state index in [0.717, 1.165) is 5.69 Å². The molecule has 0 saturated carbocycles. The van der Waals surface area contributed by atoms with E-state index >= 15 is 0 Å². The van der Waals surface area contributed by atoms with E-state index in [1.807, 2.05) is 26.0 Å². The van der Waals surface area contributed by atoms with E-state index in [0.29, 0.717) is 23.1 Å². The number of aromatic nitrogens is 2. The highest BCUT2D eigenvalue weighted by atomic mass is 16.5. The highest BCUT2D eigenvalue weighted by Gasteiger charge is 2.14. The summed E-state index contributed by atoms with van der Waals surface area (Å²) in [7, 11) is 4.71. The van der Waals surface area contributed by atoms with Crippen LogP contribution in [0.15, 0.2) is 24.7 Å². The predicted molar refractivity (Wildman–Crippen MR) is 79.0 cm³/mol. The second kappa shape index (κ2) is 7.28. The summed E-state index contributed by atoms with van der Waals surface area (Å²) in [5.74, 6) is 2.17. The lowest BCUT2D eigenvalue weighted by atomic mass is 10.2. The fourth-order valence-corrected chi connectivity index (χ4v) is 1.70. The number of nitrogens with two attached hydrogens (primary N) is 1. The van der Waals surface area contributed by atoms with E-state index in [9.17, 15) is 0 Å². The van der Waals surface area contributed by atoms with Crippen LogP contribution in [0.3, 0.4) is 0 Å². The first-order valence-corrected chi connectivity index (χ1v) is 6.29. The molecule has 6 heteroatoms. The van der Waals surface area contributed by atoms with Crippen molar-refractivity contribution in [1.82, 2.24) is 9.55 Å². The van der Waals surface area contributed by atoms with Crippen LogP contribution in [0.1, 0.15) is 13.8 Å². The molecule has 0 bridgehead atoms. The van der Waals surface area contributed by atoms with Gasteiger partial charge in [-0.1, -0.05) is 13.8 Å². The average Bonchev–Trinajstić information content (AvgIpc) is 2.94. The molecule has 1 aromatic heterocycles. The van der Waals surface area contributed by atoms with Gasteiger partial charge >= 0.3 is 0 Å². The van der Waals surface area contributed by atoms with Crippen LogP contribution >= 0.6 is 0 Å². The normalized spacial score (nSPS) is 9.45. The molecule has 2 rings (SSSR count). The number of imidazole rings is 1. The van der Waals surface area contributed by atoms with Crippen molar-refractivity contribution in [2.75, 3.05) is 27.1 Å². The van der Waals surface area contributed by atoms with Crippen LogP contribution in [-0.4, -0.2) is 30.9 Å². The number of ether oxygens (including phenoxy) is 3. The molecule has 6 nitrogen and oxygen atoms in total. The minimum absolute atomic E-state index is 0.448. The van der Waals surface area contributed by atoms with Gasteiger partial charge < -0.3 is 24.5 Å². The molecule has 0 fully saturated rings. The first kappa shape index (κ1) is 15.7. The maximum absolute atomic E-state index is 5.59. The molecule has 0 atom stereocenters. The highest BCUT2D eigenvalue weighted by molar-refractivity contribution is 5.58. The summed E-state index contributed by atoms with van der Waals surface area (Å²) in [6.07, 6.45) is 3.33. The van der Waals surface area contributed by atoms with Gasteiger partial charge in [0, 0.05) is 12.1 Å². The van der Waals surface area contributed by atoms with E-state index in [1.54, 1.807) is 38.4 Å². The molecule has 0 aliphatic heterocycles. The van der Waals surface area contributed by atoms with Crippen molar-refractivity contribution in [3.63, 3.8) is 0 Å². The number of anilines is 1. The molecule has 1 heterocycles. The second-order valence-corrected chi connectivity index (χ2v) is 3.59. The van der Waals surface area contributed by atoms with Gasteiger partial charge in [-0.05, 0) is 0 Å². The van der Waals surface area contributed by atoms with Crippen LogP contribution in [0.4, 0.5) is 5.82 Å². The molecule has 110 valence electrons. The molecule has 2 N–H and O–H groups in total. The Hall–Kier alpha value is -2.37. The van der Waals surface area contributed by atoms with Crippen LogP contribution in [0.5, 0.6) is 17.2 Å². The molecule has 0 aliphatic rings. The van der Waals surface area contributed by atoms with E-state index in [4.69, 9.17) is 19.9 Å². The third kappa shape index (κ3) is 3.14. The molecular weight excluding hydrogens is 258 g/mol. The van der Waals surface area contributed by atoms with Gasteiger partial charge in [0.25, 0.3) is 0 Å². The molecule has 0 unspecified atom stereocenters. The van der Waals surface area contributed by atoms with Gasteiger partial charge in [-0.25, -0.2) is 4.98 Å². The van der Waals surface area contributed by atoms with Gasteiger partial charge in [-0.3, -0.25) is 0 Å². The van der Waals surface area contributed by atoms with E-state index < -0.39 is 0 Å². The lowest BCUT2D eigenvalue weighted by Gasteiger charge is -2.14. The van der Waals surface area contributed by atoms with Gasteiger partial charge in [-0.15, -0.1) is 0 Å². The zero-order valence-electron chi connectivity index (χ0n) is 12.5. The third-order valence-electron chi connectivity index (χ3n) is 2.55. The van der Waals surface area contributed by atoms with Crippen LogP contribution in [0.2, 0.25) is 0 Å².